The van der Waals surface area contributed by atoms with E-state index in [4.69, 9.17) is 5.73 Å². The van der Waals surface area contributed by atoms with Gasteiger partial charge in [0.2, 0.25) is 0 Å². The number of nitrogens with two attached hydrogens (primary N) is 1. The molecule has 3 N–H and O–H groups in total. The Hall–Kier alpha value is 0.137. The second kappa shape index (κ2) is 4.33. The maximum Gasteiger partial charge on any atom is 0.0769 e. The lowest BCUT2D eigenvalue weighted by atomic mass is 9.95. The van der Waals surface area contributed by atoms with Crippen LogP contribution in [0.3, 0.4) is 0 Å². The van der Waals surface area contributed by atoms with Gasteiger partial charge in [-0.05, 0) is 18.4 Å². The molecule has 2 nitrogen and oxygen atoms in total. The third kappa shape index (κ3) is 3.07. The molecule has 0 saturated heterocycles. The van der Waals surface area contributed by atoms with E-state index in [1.165, 1.54) is 12.8 Å². The van der Waals surface area contributed by atoms with Gasteiger partial charge in [0.1, 0.15) is 0 Å². The molecule has 84 valence electrons. The van der Waals surface area contributed by atoms with Gasteiger partial charge >= 0.3 is 0 Å². The molecule has 1 rings (SSSR count). The summed E-state index contributed by atoms with van der Waals surface area (Å²) in [5.41, 5.74) is 5.87. The summed E-state index contributed by atoms with van der Waals surface area (Å²) in [5.74, 6) is 0. The van der Waals surface area contributed by atoms with E-state index >= 15 is 0 Å². The average Bonchev–Trinajstić information content (AvgIpc) is 2.27. The smallest absolute Gasteiger partial charge is 0.0769 e. The molecular formula is C11H25NOSi. The Morgan fingerprint density at radius 3 is 2.50 bits per heavy atom. The van der Waals surface area contributed by atoms with Gasteiger partial charge in [-0.15, -0.1) is 0 Å². The van der Waals surface area contributed by atoms with Gasteiger partial charge < -0.3 is 10.8 Å². The number of rotatable bonds is 2. The summed E-state index contributed by atoms with van der Waals surface area (Å²) < 4.78 is 0. The fraction of sp³-hybridized carbons (Fsp3) is 1.00. The van der Waals surface area contributed by atoms with Crippen molar-refractivity contribution in [3.8, 4) is 0 Å². The van der Waals surface area contributed by atoms with E-state index < -0.39 is 13.7 Å². The van der Waals surface area contributed by atoms with E-state index in [0.717, 1.165) is 24.8 Å². The van der Waals surface area contributed by atoms with Crippen LogP contribution in [0.25, 0.3) is 0 Å². The van der Waals surface area contributed by atoms with E-state index in [2.05, 4.69) is 19.6 Å². The van der Waals surface area contributed by atoms with Gasteiger partial charge in [0, 0.05) is 14.6 Å². The van der Waals surface area contributed by atoms with Crippen LogP contribution in [0.4, 0.5) is 0 Å². The Kier molecular flexibility index (Phi) is 3.78. The summed E-state index contributed by atoms with van der Waals surface area (Å²) in [7, 11) is -1.11. The quantitative estimate of drug-likeness (QED) is 0.549. The first-order chi connectivity index (χ1) is 6.37. The van der Waals surface area contributed by atoms with Gasteiger partial charge in [-0.2, -0.15) is 0 Å². The van der Waals surface area contributed by atoms with Crippen LogP contribution in [0.2, 0.25) is 25.2 Å². The van der Waals surface area contributed by atoms with Gasteiger partial charge in [-0.25, -0.2) is 0 Å². The largest absolute Gasteiger partial charge is 0.389 e. The van der Waals surface area contributed by atoms with Crippen molar-refractivity contribution in [2.24, 2.45) is 5.73 Å². The predicted octanol–water partition coefficient (Wildman–Crippen LogP) is 2.35. The molecule has 0 heterocycles. The summed E-state index contributed by atoms with van der Waals surface area (Å²) in [6, 6.07) is 0. The van der Waals surface area contributed by atoms with Crippen molar-refractivity contribution >= 4 is 8.07 Å². The molecule has 1 saturated carbocycles. The van der Waals surface area contributed by atoms with Crippen molar-refractivity contribution in [3.63, 3.8) is 0 Å². The molecule has 0 aromatic rings. The van der Waals surface area contributed by atoms with Crippen LogP contribution in [0.1, 0.15) is 32.1 Å². The monoisotopic (exact) mass is 215 g/mol. The van der Waals surface area contributed by atoms with E-state index in [1.807, 2.05) is 0 Å². The standard InChI is InChI=1S/C11H25NOSi/c1-14(2,3)10-6-4-5-7-11(13,8-10)9-12/h10,13H,4-9,12H2,1-3H3. The molecule has 0 aliphatic heterocycles. The molecule has 0 aromatic heterocycles. The Balaban J connectivity index is 2.70. The number of hydrogen-bond donors (Lipinski definition) is 2. The van der Waals surface area contributed by atoms with Crippen LogP contribution in [-0.2, 0) is 0 Å². The first kappa shape index (κ1) is 12.2. The first-order valence-electron chi connectivity index (χ1n) is 5.80. The molecule has 0 radical (unpaired) electrons. The minimum Gasteiger partial charge on any atom is -0.389 e. The van der Waals surface area contributed by atoms with Crippen LogP contribution in [0.5, 0.6) is 0 Å². The zero-order valence-electron chi connectivity index (χ0n) is 9.84. The van der Waals surface area contributed by atoms with Crippen molar-refractivity contribution < 1.29 is 5.11 Å². The second-order valence-corrected chi connectivity index (χ2v) is 11.5. The molecule has 0 amide bonds. The first-order valence-corrected chi connectivity index (χ1v) is 9.38. The lowest BCUT2D eigenvalue weighted by Crippen LogP contribution is -2.41. The van der Waals surface area contributed by atoms with Crippen molar-refractivity contribution in [2.45, 2.75) is 62.9 Å². The van der Waals surface area contributed by atoms with Crippen LogP contribution in [-0.4, -0.2) is 25.3 Å². The summed E-state index contributed by atoms with van der Waals surface area (Å²) >= 11 is 0. The summed E-state index contributed by atoms with van der Waals surface area (Å²) in [6.07, 6.45) is 5.58. The van der Waals surface area contributed by atoms with Gasteiger partial charge in [-0.1, -0.05) is 38.9 Å². The molecule has 2 unspecified atom stereocenters. The third-order valence-electron chi connectivity index (χ3n) is 3.68. The molecule has 14 heavy (non-hydrogen) atoms. The van der Waals surface area contributed by atoms with E-state index in [0.29, 0.717) is 6.54 Å². The Morgan fingerprint density at radius 1 is 1.36 bits per heavy atom. The van der Waals surface area contributed by atoms with Gasteiger partial charge in [0.15, 0.2) is 0 Å². The minimum absolute atomic E-state index is 0.438. The van der Waals surface area contributed by atoms with Crippen LogP contribution >= 0.6 is 0 Å². The Morgan fingerprint density at radius 2 is 2.00 bits per heavy atom. The Labute approximate surface area is 88.9 Å². The zero-order valence-corrected chi connectivity index (χ0v) is 10.8. The SMILES string of the molecule is C[Si](C)(C)C1CCCCC(O)(CN)C1. The van der Waals surface area contributed by atoms with Crippen LogP contribution in [0, 0.1) is 0 Å². The maximum atomic E-state index is 10.3. The maximum absolute atomic E-state index is 10.3. The summed E-state index contributed by atoms with van der Waals surface area (Å²) in [5, 5.41) is 10.3. The lowest BCUT2D eigenvalue weighted by Gasteiger charge is -2.34. The highest BCUT2D eigenvalue weighted by Gasteiger charge is 2.36. The second-order valence-electron chi connectivity index (χ2n) is 5.94. The van der Waals surface area contributed by atoms with E-state index in [9.17, 15) is 5.11 Å². The molecule has 0 spiro atoms. The van der Waals surface area contributed by atoms with Crippen molar-refractivity contribution in [1.82, 2.24) is 0 Å². The third-order valence-corrected chi connectivity index (χ3v) is 6.62. The van der Waals surface area contributed by atoms with E-state index in [-0.39, 0.29) is 0 Å². The van der Waals surface area contributed by atoms with Crippen molar-refractivity contribution in [1.29, 1.82) is 0 Å². The van der Waals surface area contributed by atoms with Crippen molar-refractivity contribution in [2.75, 3.05) is 6.54 Å². The van der Waals surface area contributed by atoms with Crippen LogP contribution < -0.4 is 5.73 Å². The number of hydrogen-bond acceptors (Lipinski definition) is 2. The topological polar surface area (TPSA) is 46.2 Å². The van der Waals surface area contributed by atoms with Crippen LogP contribution in [0.15, 0.2) is 0 Å². The fourth-order valence-corrected chi connectivity index (χ4v) is 4.49. The Bertz CT molecular complexity index is 190. The number of aliphatic hydroxyl groups is 1. The molecular weight excluding hydrogens is 190 g/mol. The predicted molar refractivity (Wildman–Crippen MR) is 64.2 cm³/mol. The summed E-state index contributed by atoms with van der Waals surface area (Å²) in [4.78, 5) is 0. The van der Waals surface area contributed by atoms with Gasteiger partial charge in [-0.3, -0.25) is 0 Å². The summed E-state index contributed by atoms with van der Waals surface area (Å²) in [6.45, 7) is 7.65. The van der Waals surface area contributed by atoms with Gasteiger partial charge in [0.05, 0.1) is 5.60 Å². The molecule has 1 aliphatic carbocycles. The highest BCUT2D eigenvalue weighted by molar-refractivity contribution is 6.77. The highest BCUT2D eigenvalue weighted by Crippen LogP contribution is 2.39. The molecule has 1 aliphatic rings. The minimum atomic E-state index is -1.11. The van der Waals surface area contributed by atoms with Crippen molar-refractivity contribution in [3.05, 3.63) is 0 Å². The normalized spacial score (nSPS) is 35.4. The average molecular weight is 215 g/mol. The fourth-order valence-electron chi connectivity index (χ4n) is 2.43. The molecule has 0 bridgehead atoms. The highest BCUT2D eigenvalue weighted by atomic mass is 28.3. The van der Waals surface area contributed by atoms with E-state index in [1.54, 1.807) is 0 Å². The van der Waals surface area contributed by atoms with Gasteiger partial charge in [0.25, 0.3) is 0 Å². The zero-order chi connectivity index (χ0) is 10.8. The molecule has 2 atom stereocenters. The molecule has 3 heteroatoms. The lowest BCUT2D eigenvalue weighted by molar-refractivity contribution is 0.0335. The molecule has 0 aromatic carbocycles. The molecule has 1 fully saturated rings.